The SMILES string of the molecule is CC(=O)N(CC(=O)NCCc1ccc(F)cc1)Cc1ccc2c(c1)OCO2. The third kappa shape index (κ3) is 5.20. The van der Waals surface area contributed by atoms with Crippen LogP contribution < -0.4 is 14.8 Å². The first kappa shape index (κ1) is 18.7. The van der Waals surface area contributed by atoms with Gasteiger partial charge >= 0.3 is 0 Å². The van der Waals surface area contributed by atoms with Crippen molar-refractivity contribution < 1.29 is 23.5 Å². The van der Waals surface area contributed by atoms with Gasteiger partial charge in [0.25, 0.3) is 0 Å². The van der Waals surface area contributed by atoms with E-state index in [1.165, 1.54) is 24.0 Å². The van der Waals surface area contributed by atoms with Gasteiger partial charge in [-0.05, 0) is 41.8 Å². The van der Waals surface area contributed by atoms with Gasteiger partial charge in [0.1, 0.15) is 5.82 Å². The number of ether oxygens (including phenoxy) is 2. The summed E-state index contributed by atoms with van der Waals surface area (Å²) >= 11 is 0. The second kappa shape index (κ2) is 8.53. The first-order chi connectivity index (χ1) is 13.0. The molecule has 142 valence electrons. The minimum Gasteiger partial charge on any atom is -0.454 e. The number of carbonyl (C=O) groups excluding carboxylic acids is 2. The summed E-state index contributed by atoms with van der Waals surface area (Å²) in [6.45, 7) is 2.30. The van der Waals surface area contributed by atoms with Crippen LogP contribution in [0.15, 0.2) is 42.5 Å². The monoisotopic (exact) mass is 372 g/mol. The van der Waals surface area contributed by atoms with Crippen molar-refractivity contribution >= 4 is 11.8 Å². The highest BCUT2D eigenvalue weighted by atomic mass is 19.1. The summed E-state index contributed by atoms with van der Waals surface area (Å²) in [5.41, 5.74) is 1.79. The molecule has 1 aliphatic heterocycles. The molecule has 0 saturated heterocycles. The molecule has 0 fully saturated rings. The maximum Gasteiger partial charge on any atom is 0.239 e. The molecule has 1 N–H and O–H groups in total. The fourth-order valence-electron chi connectivity index (χ4n) is 2.76. The number of fused-ring (bicyclic) bond motifs is 1. The highest BCUT2D eigenvalue weighted by Crippen LogP contribution is 2.32. The molecule has 0 bridgehead atoms. The van der Waals surface area contributed by atoms with Gasteiger partial charge in [-0.2, -0.15) is 0 Å². The molecule has 6 nitrogen and oxygen atoms in total. The van der Waals surface area contributed by atoms with Gasteiger partial charge in [-0.1, -0.05) is 18.2 Å². The van der Waals surface area contributed by atoms with Crippen LogP contribution in [0.4, 0.5) is 4.39 Å². The van der Waals surface area contributed by atoms with E-state index in [-0.39, 0.29) is 31.0 Å². The maximum absolute atomic E-state index is 12.9. The van der Waals surface area contributed by atoms with Crippen LogP contribution in [-0.4, -0.2) is 36.6 Å². The molecule has 0 spiro atoms. The summed E-state index contributed by atoms with van der Waals surface area (Å²) < 4.78 is 23.5. The van der Waals surface area contributed by atoms with E-state index in [9.17, 15) is 14.0 Å². The number of rotatable bonds is 7. The second-order valence-electron chi connectivity index (χ2n) is 6.29. The van der Waals surface area contributed by atoms with E-state index in [2.05, 4.69) is 5.32 Å². The molecule has 0 saturated carbocycles. The predicted octanol–water partition coefficient (Wildman–Crippen LogP) is 2.26. The third-order valence-electron chi connectivity index (χ3n) is 4.24. The van der Waals surface area contributed by atoms with E-state index in [0.717, 1.165) is 11.1 Å². The molecule has 0 unspecified atom stereocenters. The Balaban J connectivity index is 1.50. The Bertz CT molecular complexity index is 823. The van der Waals surface area contributed by atoms with E-state index in [0.29, 0.717) is 31.0 Å². The summed E-state index contributed by atoms with van der Waals surface area (Å²) in [5.74, 6) is 0.587. The number of amides is 2. The van der Waals surface area contributed by atoms with Gasteiger partial charge < -0.3 is 19.7 Å². The lowest BCUT2D eigenvalue weighted by atomic mass is 10.1. The highest BCUT2D eigenvalue weighted by Gasteiger charge is 2.17. The smallest absolute Gasteiger partial charge is 0.239 e. The fourth-order valence-corrected chi connectivity index (χ4v) is 2.76. The molecule has 0 radical (unpaired) electrons. The molecule has 0 aliphatic carbocycles. The van der Waals surface area contributed by atoms with Crippen molar-refractivity contribution in [2.75, 3.05) is 19.9 Å². The van der Waals surface area contributed by atoms with Crippen LogP contribution in [0.3, 0.4) is 0 Å². The predicted molar refractivity (Wildman–Crippen MR) is 96.8 cm³/mol. The number of nitrogens with zero attached hydrogens (tertiary/aromatic N) is 1. The molecule has 2 amide bonds. The summed E-state index contributed by atoms with van der Waals surface area (Å²) in [7, 11) is 0. The van der Waals surface area contributed by atoms with Crippen molar-refractivity contribution in [3.8, 4) is 11.5 Å². The number of benzene rings is 2. The van der Waals surface area contributed by atoms with Crippen molar-refractivity contribution in [1.29, 1.82) is 0 Å². The first-order valence-corrected chi connectivity index (χ1v) is 8.66. The van der Waals surface area contributed by atoms with Gasteiger partial charge in [-0.3, -0.25) is 9.59 Å². The van der Waals surface area contributed by atoms with Gasteiger partial charge in [-0.25, -0.2) is 4.39 Å². The first-order valence-electron chi connectivity index (χ1n) is 8.66. The van der Waals surface area contributed by atoms with Crippen LogP contribution in [0, 0.1) is 5.82 Å². The van der Waals surface area contributed by atoms with Crippen LogP contribution in [-0.2, 0) is 22.6 Å². The van der Waals surface area contributed by atoms with Gasteiger partial charge in [0, 0.05) is 20.0 Å². The lowest BCUT2D eigenvalue weighted by Gasteiger charge is -2.21. The van der Waals surface area contributed by atoms with Crippen molar-refractivity contribution in [2.45, 2.75) is 19.9 Å². The molecule has 3 rings (SSSR count). The van der Waals surface area contributed by atoms with E-state index < -0.39 is 0 Å². The molecule has 2 aromatic carbocycles. The highest BCUT2D eigenvalue weighted by molar-refractivity contribution is 5.83. The zero-order chi connectivity index (χ0) is 19.2. The van der Waals surface area contributed by atoms with Crippen LogP contribution in [0.25, 0.3) is 0 Å². The number of carbonyl (C=O) groups is 2. The quantitative estimate of drug-likeness (QED) is 0.810. The summed E-state index contributed by atoms with van der Waals surface area (Å²) in [5, 5.41) is 2.79. The van der Waals surface area contributed by atoms with E-state index in [4.69, 9.17) is 9.47 Å². The molecule has 2 aromatic rings. The van der Waals surface area contributed by atoms with Gasteiger partial charge in [-0.15, -0.1) is 0 Å². The zero-order valence-corrected chi connectivity index (χ0v) is 15.0. The lowest BCUT2D eigenvalue weighted by molar-refractivity contribution is -0.134. The van der Waals surface area contributed by atoms with Crippen molar-refractivity contribution in [1.82, 2.24) is 10.2 Å². The lowest BCUT2D eigenvalue weighted by Crippen LogP contribution is -2.39. The Morgan fingerprint density at radius 2 is 1.78 bits per heavy atom. The van der Waals surface area contributed by atoms with E-state index in [1.807, 2.05) is 12.1 Å². The van der Waals surface area contributed by atoms with Gasteiger partial charge in [0.2, 0.25) is 18.6 Å². The second-order valence-corrected chi connectivity index (χ2v) is 6.29. The summed E-state index contributed by atoms with van der Waals surface area (Å²) in [6.07, 6.45) is 0.592. The van der Waals surface area contributed by atoms with Gasteiger partial charge in [0.15, 0.2) is 11.5 Å². The number of halogens is 1. The summed E-state index contributed by atoms with van der Waals surface area (Å²) in [6, 6.07) is 11.6. The Kier molecular flexibility index (Phi) is 5.90. The summed E-state index contributed by atoms with van der Waals surface area (Å²) in [4.78, 5) is 25.5. The molecular formula is C20H21FN2O4. The molecule has 7 heteroatoms. The Hall–Kier alpha value is -3.09. The van der Waals surface area contributed by atoms with Gasteiger partial charge in [0.05, 0.1) is 6.54 Å². The van der Waals surface area contributed by atoms with E-state index in [1.54, 1.807) is 18.2 Å². The van der Waals surface area contributed by atoms with Crippen LogP contribution in [0.5, 0.6) is 11.5 Å². The molecule has 0 aromatic heterocycles. The molecule has 1 heterocycles. The minimum atomic E-state index is -0.289. The minimum absolute atomic E-state index is 0.0345. The normalized spacial score (nSPS) is 11.9. The number of hydrogen-bond donors (Lipinski definition) is 1. The van der Waals surface area contributed by atoms with Crippen LogP contribution in [0.2, 0.25) is 0 Å². The molecule has 1 aliphatic rings. The fraction of sp³-hybridized carbons (Fsp3) is 0.300. The molecule has 0 atom stereocenters. The third-order valence-corrected chi connectivity index (χ3v) is 4.24. The maximum atomic E-state index is 12.9. The average Bonchev–Trinajstić information content (AvgIpc) is 3.10. The van der Waals surface area contributed by atoms with Crippen molar-refractivity contribution in [3.63, 3.8) is 0 Å². The average molecular weight is 372 g/mol. The zero-order valence-electron chi connectivity index (χ0n) is 15.0. The number of hydrogen-bond acceptors (Lipinski definition) is 4. The van der Waals surface area contributed by atoms with Crippen molar-refractivity contribution in [2.24, 2.45) is 0 Å². The largest absolute Gasteiger partial charge is 0.454 e. The van der Waals surface area contributed by atoms with Crippen LogP contribution in [0.1, 0.15) is 18.1 Å². The molecular weight excluding hydrogens is 351 g/mol. The van der Waals surface area contributed by atoms with Crippen molar-refractivity contribution in [3.05, 3.63) is 59.4 Å². The Morgan fingerprint density at radius 3 is 2.52 bits per heavy atom. The molecule has 27 heavy (non-hydrogen) atoms. The van der Waals surface area contributed by atoms with Crippen LogP contribution >= 0.6 is 0 Å². The standard InChI is InChI=1S/C20H21FN2O4/c1-14(24)23(11-16-4-7-18-19(10-16)27-13-26-18)12-20(25)22-9-8-15-2-5-17(21)6-3-15/h2-7,10H,8-9,11-13H2,1H3,(H,22,25). The van der Waals surface area contributed by atoms with E-state index >= 15 is 0 Å². The topological polar surface area (TPSA) is 67.9 Å². The Morgan fingerprint density at radius 1 is 1.07 bits per heavy atom. The number of nitrogens with one attached hydrogen (secondary N) is 1. The Labute approximate surface area is 156 Å².